The highest BCUT2D eigenvalue weighted by molar-refractivity contribution is 6.30. The Bertz CT molecular complexity index is 830. The molecule has 0 saturated heterocycles. The Hall–Kier alpha value is -2.59. The van der Waals surface area contributed by atoms with Crippen molar-refractivity contribution in [3.8, 4) is 5.75 Å². The topological polar surface area (TPSA) is 46.5 Å². The summed E-state index contributed by atoms with van der Waals surface area (Å²) in [6.45, 7) is 8.53. The first kappa shape index (κ1) is 20.7. The van der Waals surface area contributed by atoms with Gasteiger partial charge in [-0.1, -0.05) is 44.5 Å². The molecule has 0 fully saturated rings. The summed E-state index contributed by atoms with van der Waals surface area (Å²) < 4.78 is 5.29. The molecule has 1 atom stereocenters. The Labute approximate surface area is 166 Å². The van der Waals surface area contributed by atoms with Crippen LogP contribution in [0.4, 0.5) is 5.69 Å². The van der Waals surface area contributed by atoms with E-state index in [1.165, 1.54) is 0 Å². The van der Waals surface area contributed by atoms with Crippen LogP contribution in [-0.4, -0.2) is 18.3 Å². The lowest BCUT2D eigenvalue weighted by atomic mass is 10.0. The molecule has 0 aliphatic rings. The fraction of sp³-hybridized carbons (Fsp3) is 0.273. The molecular weight excluding hydrogens is 358 g/mol. The maximum atomic E-state index is 6.01. The van der Waals surface area contributed by atoms with Gasteiger partial charge in [-0.2, -0.15) is 0 Å². The summed E-state index contributed by atoms with van der Waals surface area (Å²) in [5.41, 5.74) is 3.51. The molecule has 0 saturated carbocycles. The van der Waals surface area contributed by atoms with Gasteiger partial charge in [-0.25, -0.2) is 0 Å². The molecule has 5 heteroatoms. The van der Waals surface area contributed by atoms with Gasteiger partial charge in [-0.15, -0.1) is 0 Å². The van der Waals surface area contributed by atoms with Crippen LogP contribution in [0.15, 0.2) is 66.1 Å². The number of rotatable bonds is 9. The van der Waals surface area contributed by atoms with E-state index in [1.54, 1.807) is 25.7 Å². The Morgan fingerprint density at radius 2 is 2.19 bits per heavy atom. The second-order valence-electron chi connectivity index (χ2n) is 6.29. The van der Waals surface area contributed by atoms with E-state index in [9.17, 15) is 0 Å². The van der Waals surface area contributed by atoms with Crippen molar-refractivity contribution >= 4 is 29.2 Å². The zero-order valence-electron chi connectivity index (χ0n) is 16.1. The summed E-state index contributed by atoms with van der Waals surface area (Å²) in [5, 5.41) is 4.08. The first-order valence-corrected chi connectivity index (χ1v) is 9.36. The minimum absolute atomic E-state index is 0.363. The van der Waals surface area contributed by atoms with E-state index in [4.69, 9.17) is 16.3 Å². The molecule has 0 aliphatic carbocycles. The Morgan fingerprint density at radius 3 is 2.89 bits per heavy atom. The van der Waals surface area contributed by atoms with Crippen LogP contribution >= 0.6 is 11.6 Å². The molecule has 1 N–H and O–H groups in total. The molecular formula is C22H26ClN3O. The van der Waals surface area contributed by atoms with E-state index in [1.807, 2.05) is 36.4 Å². The minimum Gasteiger partial charge on any atom is -0.495 e. The highest BCUT2D eigenvalue weighted by Crippen LogP contribution is 2.21. The number of methoxy groups -OCH3 is 1. The Kier molecular flexibility index (Phi) is 8.08. The molecule has 1 heterocycles. The number of pyridine rings is 1. The summed E-state index contributed by atoms with van der Waals surface area (Å²) >= 11 is 6.01. The molecule has 0 radical (unpaired) electrons. The molecule has 0 bridgehead atoms. The molecule has 142 valence electrons. The van der Waals surface area contributed by atoms with Crippen LogP contribution in [0.3, 0.4) is 0 Å². The number of nitrogens with one attached hydrogen (secondary N) is 1. The maximum absolute atomic E-state index is 6.01. The predicted molar refractivity (Wildman–Crippen MR) is 115 cm³/mol. The van der Waals surface area contributed by atoms with Gasteiger partial charge < -0.3 is 10.1 Å². The average molecular weight is 384 g/mol. The lowest BCUT2D eigenvalue weighted by Gasteiger charge is -2.18. The fourth-order valence-electron chi connectivity index (χ4n) is 2.55. The minimum atomic E-state index is 0.363. The third-order valence-corrected chi connectivity index (χ3v) is 4.38. The van der Waals surface area contributed by atoms with Crippen LogP contribution in [0.25, 0.3) is 5.70 Å². The molecule has 1 aromatic heterocycles. The third-order valence-electron chi connectivity index (χ3n) is 4.14. The van der Waals surface area contributed by atoms with Crippen molar-refractivity contribution < 1.29 is 4.74 Å². The molecule has 0 aliphatic heterocycles. The van der Waals surface area contributed by atoms with Crippen molar-refractivity contribution in [2.75, 3.05) is 7.11 Å². The molecule has 0 spiro atoms. The van der Waals surface area contributed by atoms with Crippen molar-refractivity contribution in [3.63, 3.8) is 0 Å². The quantitative estimate of drug-likeness (QED) is 0.538. The molecule has 1 unspecified atom stereocenters. The SMILES string of the molecule is C=C(NC(=CC=Nc1cccc(Cl)c1)c1cncc(OC)c1)C(C)CCC. The van der Waals surface area contributed by atoms with Gasteiger partial charge in [0.2, 0.25) is 0 Å². The van der Waals surface area contributed by atoms with Crippen LogP contribution in [-0.2, 0) is 0 Å². The molecule has 2 rings (SSSR count). The van der Waals surface area contributed by atoms with E-state index in [2.05, 4.69) is 35.7 Å². The van der Waals surface area contributed by atoms with Crippen LogP contribution in [0.2, 0.25) is 5.02 Å². The van der Waals surface area contributed by atoms with E-state index in [0.717, 1.165) is 35.5 Å². The van der Waals surface area contributed by atoms with E-state index >= 15 is 0 Å². The van der Waals surface area contributed by atoms with Crippen molar-refractivity contribution in [1.82, 2.24) is 10.3 Å². The van der Waals surface area contributed by atoms with Crippen molar-refractivity contribution in [1.29, 1.82) is 0 Å². The van der Waals surface area contributed by atoms with Gasteiger partial charge in [0.05, 0.1) is 19.0 Å². The van der Waals surface area contributed by atoms with Crippen molar-refractivity contribution in [2.24, 2.45) is 10.9 Å². The second-order valence-corrected chi connectivity index (χ2v) is 6.73. The number of aliphatic imine (C=N–C) groups is 1. The molecule has 2 aromatic rings. The zero-order valence-corrected chi connectivity index (χ0v) is 16.8. The normalized spacial score (nSPS) is 12.8. The lowest BCUT2D eigenvalue weighted by molar-refractivity contribution is 0.412. The van der Waals surface area contributed by atoms with E-state index in [0.29, 0.717) is 16.7 Å². The summed E-state index contributed by atoms with van der Waals surface area (Å²) in [7, 11) is 1.63. The van der Waals surface area contributed by atoms with Crippen molar-refractivity contribution in [3.05, 3.63) is 71.7 Å². The van der Waals surface area contributed by atoms with Gasteiger partial charge in [0.15, 0.2) is 0 Å². The number of hydrogen-bond donors (Lipinski definition) is 1. The number of benzene rings is 1. The summed E-state index contributed by atoms with van der Waals surface area (Å²) in [4.78, 5) is 8.70. The van der Waals surface area contributed by atoms with Crippen LogP contribution in [0.1, 0.15) is 32.3 Å². The van der Waals surface area contributed by atoms with Gasteiger partial charge in [-0.3, -0.25) is 9.98 Å². The molecule has 0 amide bonds. The van der Waals surface area contributed by atoms with E-state index < -0.39 is 0 Å². The second kappa shape index (κ2) is 10.5. The van der Waals surface area contributed by atoms with Gasteiger partial charge >= 0.3 is 0 Å². The summed E-state index contributed by atoms with van der Waals surface area (Å²) in [5.74, 6) is 1.06. The molecule has 4 nitrogen and oxygen atoms in total. The number of ether oxygens (including phenoxy) is 1. The number of nitrogens with zero attached hydrogens (tertiary/aromatic N) is 2. The summed E-state index contributed by atoms with van der Waals surface area (Å²) in [6, 6.07) is 9.34. The number of hydrogen-bond acceptors (Lipinski definition) is 4. The third kappa shape index (κ3) is 6.57. The number of aromatic nitrogens is 1. The monoisotopic (exact) mass is 383 g/mol. The van der Waals surface area contributed by atoms with Gasteiger partial charge in [0, 0.05) is 34.4 Å². The fourth-order valence-corrected chi connectivity index (χ4v) is 2.73. The highest BCUT2D eigenvalue weighted by Gasteiger charge is 2.09. The Morgan fingerprint density at radius 1 is 1.37 bits per heavy atom. The maximum Gasteiger partial charge on any atom is 0.137 e. The highest BCUT2D eigenvalue weighted by atomic mass is 35.5. The predicted octanol–water partition coefficient (Wildman–Crippen LogP) is 6.03. The molecule has 1 aromatic carbocycles. The zero-order chi connectivity index (χ0) is 19.6. The molecule has 27 heavy (non-hydrogen) atoms. The Balaban J connectivity index is 2.29. The van der Waals surface area contributed by atoms with Gasteiger partial charge in [0.1, 0.15) is 5.75 Å². The largest absolute Gasteiger partial charge is 0.495 e. The van der Waals surface area contributed by atoms with Crippen LogP contribution in [0.5, 0.6) is 5.75 Å². The standard InChI is InChI=1S/C22H26ClN3O/c1-5-7-16(2)17(3)26-22(18-12-21(27-4)15-24-14-18)10-11-25-20-9-6-8-19(23)13-20/h6,8-16,26H,3,5,7H2,1-2,4H3. The lowest BCUT2D eigenvalue weighted by Crippen LogP contribution is -2.17. The van der Waals surface area contributed by atoms with Crippen LogP contribution < -0.4 is 10.1 Å². The smallest absolute Gasteiger partial charge is 0.137 e. The first-order valence-electron chi connectivity index (χ1n) is 8.98. The van der Waals surface area contributed by atoms with Crippen LogP contribution in [0, 0.1) is 5.92 Å². The van der Waals surface area contributed by atoms with E-state index in [-0.39, 0.29) is 0 Å². The summed E-state index contributed by atoms with van der Waals surface area (Å²) in [6.07, 6.45) is 9.29. The number of halogens is 1. The van der Waals surface area contributed by atoms with Gasteiger partial charge in [0.25, 0.3) is 0 Å². The van der Waals surface area contributed by atoms with Crippen molar-refractivity contribution in [2.45, 2.75) is 26.7 Å². The van der Waals surface area contributed by atoms with Gasteiger partial charge in [-0.05, 0) is 42.7 Å². The first-order chi connectivity index (χ1) is 13.0. The average Bonchev–Trinajstić information content (AvgIpc) is 2.67. The number of allylic oxidation sites excluding steroid dienone is 2.